The second-order valence-corrected chi connectivity index (χ2v) is 7.17. The number of aromatic nitrogens is 2. The van der Waals surface area contributed by atoms with E-state index in [1.807, 2.05) is 65.2 Å². The topological polar surface area (TPSA) is 55.2 Å². The summed E-state index contributed by atoms with van der Waals surface area (Å²) in [4.78, 5) is 31.4. The number of hydrogen-bond donors (Lipinski definition) is 0. The maximum Gasteiger partial charge on any atom is 0.261 e. The van der Waals surface area contributed by atoms with Crippen LogP contribution in [0.15, 0.2) is 91.3 Å². The largest absolute Gasteiger partial charge is 0.328 e. The minimum absolute atomic E-state index is 0.236. The molecule has 3 aromatic carbocycles. The third kappa shape index (κ3) is 3.01. The fourth-order valence-electron chi connectivity index (χ4n) is 3.91. The van der Waals surface area contributed by atoms with Crippen molar-refractivity contribution in [2.45, 2.75) is 6.54 Å². The lowest BCUT2D eigenvalue weighted by molar-refractivity contribution is 0.0649. The molecule has 2 amide bonds. The van der Waals surface area contributed by atoms with Gasteiger partial charge in [-0.05, 0) is 12.1 Å². The zero-order valence-electron chi connectivity index (χ0n) is 16.2. The number of rotatable bonds is 5. The summed E-state index contributed by atoms with van der Waals surface area (Å²) in [6.45, 7) is 0.756. The summed E-state index contributed by atoms with van der Waals surface area (Å²) in [5.74, 6) is -0.472. The van der Waals surface area contributed by atoms with Gasteiger partial charge in [-0.2, -0.15) is 0 Å². The Morgan fingerprint density at radius 1 is 0.633 bits per heavy atom. The standard InChI is InChI=1S/C25H19N3O2/c29-24-20-13-7-8-14-21(20)25(30)28(24)16-15-27-17-26-22(18-9-3-1-4-10-18)23(27)19-11-5-2-6-12-19/h1-14,17H,15-16H2. The molecule has 146 valence electrons. The molecule has 2 heterocycles. The van der Waals surface area contributed by atoms with Crippen LogP contribution in [0.1, 0.15) is 20.7 Å². The summed E-state index contributed by atoms with van der Waals surface area (Å²) in [7, 11) is 0. The quantitative estimate of drug-likeness (QED) is 0.469. The monoisotopic (exact) mass is 393 g/mol. The van der Waals surface area contributed by atoms with E-state index in [0.29, 0.717) is 17.7 Å². The first kappa shape index (κ1) is 18.1. The Kier molecular flexibility index (Phi) is 4.48. The van der Waals surface area contributed by atoms with Crippen molar-refractivity contribution < 1.29 is 9.59 Å². The van der Waals surface area contributed by atoms with Crippen LogP contribution in [-0.4, -0.2) is 32.8 Å². The van der Waals surface area contributed by atoms with Crippen molar-refractivity contribution in [3.05, 3.63) is 102 Å². The molecule has 1 aliphatic heterocycles. The van der Waals surface area contributed by atoms with E-state index in [2.05, 4.69) is 4.98 Å². The molecule has 5 heteroatoms. The molecule has 0 aliphatic carbocycles. The molecule has 0 bridgehead atoms. The maximum absolute atomic E-state index is 12.7. The smallest absolute Gasteiger partial charge is 0.261 e. The van der Waals surface area contributed by atoms with E-state index in [4.69, 9.17) is 0 Å². The second-order valence-electron chi connectivity index (χ2n) is 7.17. The summed E-state index contributed by atoms with van der Waals surface area (Å²) >= 11 is 0. The Labute approximate surface area is 174 Å². The molecule has 0 radical (unpaired) electrons. The molecular weight excluding hydrogens is 374 g/mol. The highest BCUT2D eigenvalue weighted by Gasteiger charge is 2.34. The van der Waals surface area contributed by atoms with Crippen molar-refractivity contribution in [3.63, 3.8) is 0 Å². The average Bonchev–Trinajstić information content (AvgIpc) is 3.33. The molecule has 0 spiro atoms. The van der Waals surface area contributed by atoms with E-state index in [1.54, 1.807) is 30.6 Å². The van der Waals surface area contributed by atoms with Gasteiger partial charge in [0.05, 0.1) is 28.8 Å². The van der Waals surface area contributed by atoms with Crippen molar-refractivity contribution >= 4 is 11.8 Å². The number of amides is 2. The van der Waals surface area contributed by atoms with E-state index in [1.165, 1.54) is 4.90 Å². The van der Waals surface area contributed by atoms with Gasteiger partial charge in [-0.25, -0.2) is 4.98 Å². The van der Waals surface area contributed by atoms with Crippen molar-refractivity contribution in [2.24, 2.45) is 0 Å². The lowest BCUT2D eigenvalue weighted by Gasteiger charge is -2.16. The fraction of sp³-hybridized carbons (Fsp3) is 0.0800. The molecule has 0 saturated carbocycles. The van der Waals surface area contributed by atoms with Gasteiger partial charge in [0.1, 0.15) is 0 Å². The van der Waals surface area contributed by atoms with E-state index in [9.17, 15) is 9.59 Å². The highest BCUT2D eigenvalue weighted by Crippen LogP contribution is 2.31. The Bertz CT molecular complexity index is 1190. The summed E-state index contributed by atoms with van der Waals surface area (Å²) < 4.78 is 2.02. The number of nitrogens with zero attached hydrogens (tertiary/aromatic N) is 3. The minimum Gasteiger partial charge on any atom is -0.328 e. The van der Waals surface area contributed by atoms with Crippen molar-refractivity contribution in [1.29, 1.82) is 0 Å². The molecular formula is C25H19N3O2. The zero-order chi connectivity index (χ0) is 20.5. The van der Waals surface area contributed by atoms with E-state index in [0.717, 1.165) is 22.5 Å². The Hall–Kier alpha value is -3.99. The first-order valence-corrected chi connectivity index (χ1v) is 9.85. The third-order valence-electron chi connectivity index (χ3n) is 5.37. The van der Waals surface area contributed by atoms with Crippen molar-refractivity contribution in [3.8, 4) is 22.5 Å². The summed E-state index contributed by atoms with van der Waals surface area (Å²) in [5.41, 5.74) is 4.86. The van der Waals surface area contributed by atoms with Crippen LogP contribution in [0.5, 0.6) is 0 Å². The Morgan fingerprint density at radius 3 is 1.77 bits per heavy atom. The van der Waals surface area contributed by atoms with Crippen molar-refractivity contribution in [2.75, 3.05) is 6.54 Å². The van der Waals surface area contributed by atoms with Gasteiger partial charge in [-0.1, -0.05) is 72.8 Å². The summed E-state index contributed by atoms with van der Waals surface area (Å²) in [5, 5.41) is 0. The molecule has 5 nitrogen and oxygen atoms in total. The van der Waals surface area contributed by atoms with Gasteiger partial charge in [0.25, 0.3) is 11.8 Å². The third-order valence-corrected chi connectivity index (χ3v) is 5.37. The van der Waals surface area contributed by atoms with Crippen LogP contribution in [0.3, 0.4) is 0 Å². The Morgan fingerprint density at radius 2 is 1.17 bits per heavy atom. The lowest BCUT2D eigenvalue weighted by Crippen LogP contribution is -2.32. The lowest BCUT2D eigenvalue weighted by atomic mass is 10.0. The van der Waals surface area contributed by atoms with E-state index < -0.39 is 0 Å². The van der Waals surface area contributed by atoms with Gasteiger partial charge in [0, 0.05) is 24.2 Å². The van der Waals surface area contributed by atoms with Crippen LogP contribution in [0.2, 0.25) is 0 Å². The number of benzene rings is 3. The molecule has 0 saturated heterocycles. The molecule has 0 fully saturated rings. The highest BCUT2D eigenvalue weighted by atomic mass is 16.2. The molecule has 30 heavy (non-hydrogen) atoms. The number of carbonyl (C=O) groups is 2. The van der Waals surface area contributed by atoms with Gasteiger partial charge in [0.2, 0.25) is 0 Å². The van der Waals surface area contributed by atoms with Crippen LogP contribution in [-0.2, 0) is 6.54 Å². The SMILES string of the molecule is O=C1c2ccccc2C(=O)N1CCn1cnc(-c2ccccc2)c1-c1ccccc1. The molecule has 0 atom stereocenters. The number of imidazole rings is 1. The average molecular weight is 393 g/mol. The molecule has 0 unspecified atom stereocenters. The fourth-order valence-corrected chi connectivity index (χ4v) is 3.91. The van der Waals surface area contributed by atoms with Gasteiger partial charge >= 0.3 is 0 Å². The van der Waals surface area contributed by atoms with Gasteiger partial charge < -0.3 is 4.57 Å². The van der Waals surface area contributed by atoms with Gasteiger partial charge in [-0.3, -0.25) is 14.5 Å². The second kappa shape index (κ2) is 7.44. The van der Waals surface area contributed by atoms with Crippen LogP contribution < -0.4 is 0 Å². The summed E-state index contributed by atoms with van der Waals surface area (Å²) in [6, 6.07) is 27.0. The van der Waals surface area contributed by atoms with Crippen LogP contribution in [0.25, 0.3) is 22.5 Å². The zero-order valence-corrected chi connectivity index (χ0v) is 16.2. The normalized spacial score (nSPS) is 13.0. The van der Waals surface area contributed by atoms with Crippen LogP contribution in [0.4, 0.5) is 0 Å². The van der Waals surface area contributed by atoms with E-state index in [-0.39, 0.29) is 18.4 Å². The van der Waals surface area contributed by atoms with Crippen LogP contribution >= 0.6 is 0 Å². The minimum atomic E-state index is -0.236. The van der Waals surface area contributed by atoms with Crippen LogP contribution in [0, 0.1) is 0 Å². The molecule has 5 rings (SSSR count). The van der Waals surface area contributed by atoms with Crippen molar-refractivity contribution in [1.82, 2.24) is 14.5 Å². The van der Waals surface area contributed by atoms with Gasteiger partial charge in [-0.15, -0.1) is 0 Å². The number of imide groups is 1. The number of fused-ring (bicyclic) bond motifs is 1. The highest BCUT2D eigenvalue weighted by molar-refractivity contribution is 6.21. The first-order valence-electron chi connectivity index (χ1n) is 9.85. The molecule has 0 N–H and O–H groups in total. The summed E-state index contributed by atoms with van der Waals surface area (Å²) in [6.07, 6.45) is 1.78. The first-order chi connectivity index (χ1) is 14.7. The van der Waals surface area contributed by atoms with Gasteiger partial charge in [0.15, 0.2) is 0 Å². The number of hydrogen-bond acceptors (Lipinski definition) is 3. The Balaban J connectivity index is 1.48. The predicted molar refractivity (Wildman–Crippen MR) is 115 cm³/mol. The number of carbonyl (C=O) groups excluding carboxylic acids is 2. The maximum atomic E-state index is 12.7. The molecule has 4 aromatic rings. The molecule has 1 aliphatic rings. The molecule has 1 aromatic heterocycles. The predicted octanol–water partition coefficient (Wildman–Crippen LogP) is 4.51. The van der Waals surface area contributed by atoms with E-state index >= 15 is 0 Å².